The molecule has 2 atom stereocenters. The van der Waals surface area contributed by atoms with Crippen LogP contribution in [0.1, 0.15) is 32.8 Å². The van der Waals surface area contributed by atoms with Gasteiger partial charge in [0.1, 0.15) is 5.60 Å². The van der Waals surface area contributed by atoms with Gasteiger partial charge in [-0.1, -0.05) is 23.7 Å². The Balaban J connectivity index is 2.10. The topological polar surface area (TPSA) is 55.6 Å². The Morgan fingerprint density at radius 2 is 2.19 bits per heavy atom. The van der Waals surface area contributed by atoms with E-state index in [1.165, 1.54) is 0 Å². The zero-order chi connectivity index (χ0) is 15.6. The third-order valence-corrected chi connectivity index (χ3v) is 3.79. The molecule has 1 saturated heterocycles. The highest BCUT2D eigenvalue weighted by molar-refractivity contribution is 6.30. The van der Waals surface area contributed by atoms with Crippen molar-refractivity contribution in [3.8, 4) is 0 Å². The largest absolute Gasteiger partial charge is 0.444 e. The molecule has 0 unspecified atom stereocenters. The van der Waals surface area contributed by atoms with Gasteiger partial charge in [0.15, 0.2) is 0 Å². The second-order valence-electron chi connectivity index (χ2n) is 6.53. The maximum atomic E-state index is 12.3. The molecule has 1 aromatic rings. The van der Waals surface area contributed by atoms with E-state index in [4.69, 9.17) is 22.1 Å². The third kappa shape index (κ3) is 4.35. The van der Waals surface area contributed by atoms with Gasteiger partial charge in [0.05, 0.1) is 6.04 Å². The summed E-state index contributed by atoms with van der Waals surface area (Å²) in [5, 5.41) is 0.697. The predicted octanol–water partition coefficient (Wildman–Crippen LogP) is 3.22. The molecule has 0 bridgehead atoms. The molecule has 1 aliphatic rings. The van der Waals surface area contributed by atoms with Crippen molar-refractivity contribution in [2.24, 2.45) is 5.73 Å². The number of nitrogens with zero attached hydrogens (tertiary/aromatic N) is 1. The molecule has 1 heterocycles. The van der Waals surface area contributed by atoms with Gasteiger partial charge in [-0.25, -0.2) is 4.79 Å². The highest BCUT2D eigenvalue weighted by Gasteiger charge is 2.37. The second-order valence-corrected chi connectivity index (χ2v) is 6.96. The molecule has 5 heteroatoms. The number of ether oxygens (including phenoxy) is 1. The van der Waals surface area contributed by atoms with Crippen LogP contribution in [0.3, 0.4) is 0 Å². The van der Waals surface area contributed by atoms with Gasteiger partial charge in [-0.05, 0) is 51.3 Å². The SMILES string of the molecule is CC(C)(C)OC(=O)N1CC[C@@H](N)[C@@H]1Cc1cccc(Cl)c1. The van der Waals surface area contributed by atoms with Crippen molar-refractivity contribution >= 4 is 17.7 Å². The minimum atomic E-state index is -0.496. The second kappa shape index (κ2) is 6.24. The van der Waals surface area contributed by atoms with Crippen LogP contribution in [0.15, 0.2) is 24.3 Å². The summed E-state index contributed by atoms with van der Waals surface area (Å²) in [7, 11) is 0. The zero-order valence-corrected chi connectivity index (χ0v) is 13.6. The lowest BCUT2D eigenvalue weighted by Gasteiger charge is -2.30. The Morgan fingerprint density at radius 3 is 2.81 bits per heavy atom. The summed E-state index contributed by atoms with van der Waals surface area (Å²) >= 11 is 6.02. The van der Waals surface area contributed by atoms with Gasteiger partial charge in [-0.2, -0.15) is 0 Å². The fourth-order valence-electron chi connectivity index (χ4n) is 2.59. The quantitative estimate of drug-likeness (QED) is 0.912. The number of carbonyl (C=O) groups is 1. The average molecular weight is 311 g/mol. The lowest BCUT2D eigenvalue weighted by molar-refractivity contribution is 0.0220. The van der Waals surface area contributed by atoms with Crippen LogP contribution < -0.4 is 5.73 Å². The van der Waals surface area contributed by atoms with Gasteiger partial charge in [-0.3, -0.25) is 0 Å². The minimum absolute atomic E-state index is 0.0310. The van der Waals surface area contributed by atoms with Crippen molar-refractivity contribution in [2.45, 2.75) is 51.3 Å². The molecular weight excluding hydrogens is 288 g/mol. The van der Waals surface area contributed by atoms with Crippen LogP contribution >= 0.6 is 11.6 Å². The van der Waals surface area contributed by atoms with Gasteiger partial charge in [0, 0.05) is 17.6 Å². The van der Waals surface area contributed by atoms with Crippen LogP contribution in [0.25, 0.3) is 0 Å². The molecule has 1 aliphatic heterocycles. The summed E-state index contributed by atoms with van der Waals surface area (Å²) < 4.78 is 5.47. The average Bonchev–Trinajstić information content (AvgIpc) is 2.69. The number of nitrogens with two attached hydrogens (primary N) is 1. The van der Waals surface area contributed by atoms with Gasteiger partial charge in [-0.15, -0.1) is 0 Å². The van der Waals surface area contributed by atoms with Crippen molar-refractivity contribution in [1.82, 2.24) is 4.90 Å². The summed E-state index contributed by atoms with van der Waals surface area (Å²) in [4.78, 5) is 14.0. The molecule has 0 aromatic heterocycles. The molecular formula is C16H23ClN2O2. The number of carbonyl (C=O) groups excluding carboxylic acids is 1. The Bertz CT molecular complexity index is 513. The molecule has 21 heavy (non-hydrogen) atoms. The Kier molecular flexibility index (Phi) is 4.79. The number of rotatable bonds is 2. The monoisotopic (exact) mass is 310 g/mol. The first-order chi connectivity index (χ1) is 9.76. The molecule has 0 spiro atoms. The number of benzene rings is 1. The van der Waals surface area contributed by atoms with E-state index in [2.05, 4.69) is 0 Å². The third-order valence-electron chi connectivity index (χ3n) is 3.56. The summed E-state index contributed by atoms with van der Waals surface area (Å²) in [5.41, 5.74) is 6.76. The summed E-state index contributed by atoms with van der Waals surface area (Å²) in [5.74, 6) is 0. The summed E-state index contributed by atoms with van der Waals surface area (Å²) in [6.45, 7) is 6.24. The van der Waals surface area contributed by atoms with Crippen molar-refractivity contribution in [1.29, 1.82) is 0 Å². The minimum Gasteiger partial charge on any atom is -0.444 e. The fraction of sp³-hybridized carbons (Fsp3) is 0.562. The van der Waals surface area contributed by atoms with E-state index in [9.17, 15) is 4.79 Å². The van der Waals surface area contributed by atoms with Crippen LogP contribution in [0.5, 0.6) is 0 Å². The van der Waals surface area contributed by atoms with Gasteiger partial charge in [0.25, 0.3) is 0 Å². The van der Waals surface area contributed by atoms with Crippen LogP contribution in [-0.2, 0) is 11.2 Å². The highest BCUT2D eigenvalue weighted by atomic mass is 35.5. The zero-order valence-electron chi connectivity index (χ0n) is 12.8. The number of amides is 1. The molecule has 4 nitrogen and oxygen atoms in total. The normalized spacial score (nSPS) is 22.4. The van der Waals surface area contributed by atoms with E-state index in [0.29, 0.717) is 18.0 Å². The Labute approximate surface area is 131 Å². The van der Waals surface area contributed by atoms with E-state index >= 15 is 0 Å². The molecule has 0 radical (unpaired) electrons. The smallest absolute Gasteiger partial charge is 0.410 e. The molecule has 0 saturated carbocycles. The highest BCUT2D eigenvalue weighted by Crippen LogP contribution is 2.24. The lowest BCUT2D eigenvalue weighted by Crippen LogP contribution is -2.46. The van der Waals surface area contributed by atoms with E-state index in [0.717, 1.165) is 12.0 Å². The summed E-state index contributed by atoms with van der Waals surface area (Å²) in [6, 6.07) is 7.60. The van der Waals surface area contributed by atoms with E-state index in [-0.39, 0.29) is 18.2 Å². The van der Waals surface area contributed by atoms with E-state index in [1.54, 1.807) is 4.90 Å². The molecule has 1 aromatic carbocycles. The number of hydrogen-bond donors (Lipinski definition) is 1. The molecule has 1 amide bonds. The number of hydrogen-bond acceptors (Lipinski definition) is 3. The molecule has 2 rings (SSSR count). The van der Waals surface area contributed by atoms with Crippen LogP contribution in [0.4, 0.5) is 4.79 Å². The maximum absolute atomic E-state index is 12.3. The first kappa shape index (κ1) is 16.1. The van der Waals surface area contributed by atoms with Crippen molar-refractivity contribution in [3.63, 3.8) is 0 Å². The molecule has 0 aliphatic carbocycles. The van der Waals surface area contributed by atoms with Crippen LogP contribution in [-0.4, -0.2) is 35.2 Å². The number of likely N-dealkylation sites (tertiary alicyclic amines) is 1. The first-order valence-corrected chi connectivity index (χ1v) is 7.64. The van der Waals surface area contributed by atoms with Crippen LogP contribution in [0.2, 0.25) is 5.02 Å². The predicted molar refractivity (Wildman–Crippen MR) is 84.5 cm³/mol. The Hall–Kier alpha value is -1.26. The standard InChI is InChI=1S/C16H23ClN2O2/c1-16(2,3)21-15(20)19-8-7-13(18)14(19)10-11-5-4-6-12(17)9-11/h4-6,9,13-14H,7-8,10,18H2,1-3H3/t13-,14+/m1/s1. The Morgan fingerprint density at radius 1 is 1.48 bits per heavy atom. The maximum Gasteiger partial charge on any atom is 0.410 e. The van der Waals surface area contributed by atoms with Crippen molar-refractivity contribution in [3.05, 3.63) is 34.9 Å². The van der Waals surface area contributed by atoms with E-state index < -0.39 is 5.60 Å². The lowest BCUT2D eigenvalue weighted by atomic mass is 10.0. The summed E-state index contributed by atoms with van der Waals surface area (Å²) in [6.07, 6.45) is 1.20. The van der Waals surface area contributed by atoms with Crippen LogP contribution in [0, 0.1) is 0 Å². The fourth-order valence-corrected chi connectivity index (χ4v) is 2.80. The van der Waals surface area contributed by atoms with Crippen molar-refractivity contribution < 1.29 is 9.53 Å². The van der Waals surface area contributed by atoms with E-state index in [1.807, 2.05) is 45.0 Å². The molecule has 2 N–H and O–H groups in total. The van der Waals surface area contributed by atoms with Crippen molar-refractivity contribution in [2.75, 3.05) is 6.54 Å². The number of halogens is 1. The van der Waals surface area contributed by atoms with Gasteiger partial charge in [0.2, 0.25) is 0 Å². The van der Waals surface area contributed by atoms with Gasteiger partial charge >= 0.3 is 6.09 Å². The molecule has 1 fully saturated rings. The van der Waals surface area contributed by atoms with Gasteiger partial charge < -0.3 is 15.4 Å². The molecule has 116 valence electrons. The first-order valence-electron chi connectivity index (χ1n) is 7.26.